The van der Waals surface area contributed by atoms with Gasteiger partial charge in [-0.3, -0.25) is 0 Å². The highest BCUT2D eigenvalue weighted by Gasteiger charge is 2.50. The molecular weight excluding hydrogens is 562 g/mol. The Bertz CT molecular complexity index is 1540. The van der Waals surface area contributed by atoms with Crippen LogP contribution in [0.4, 0.5) is 0 Å². The molecule has 0 aromatic heterocycles. The van der Waals surface area contributed by atoms with Gasteiger partial charge in [-0.05, 0) is 86.3 Å². The summed E-state index contributed by atoms with van der Waals surface area (Å²) in [6, 6.07) is 20.4. The molecule has 1 unspecified atom stereocenters. The number of likely N-dealkylation sites (N-methyl/N-ethyl adjacent to an activating group) is 1. The Balaban J connectivity index is 0.000000394. The highest BCUT2D eigenvalue weighted by molar-refractivity contribution is 7.90. The van der Waals surface area contributed by atoms with Crippen molar-refractivity contribution in [3.8, 4) is 11.1 Å². The largest absolute Gasteiger partial charge is 0.507 e. The summed E-state index contributed by atoms with van der Waals surface area (Å²) in [5, 5.41) is 11.4. The topological polar surface area (TPSA) is 101 Å². The van der Waals surface area contributed by atoms with Gasteiger partial charge in [0, 0.05) is 23.4 Å². The van der Waals surface area contributed by atoms with Gasteiger partial charge in [0.2, 0.25) is 0 Å². The molecule has 0 aliphatic carbocycles. The highest BCUT2D eigenvalue weighted by Crippen LogP contribution is 2.44. The average molecular weight is 598 g/mol. The minimum atomic E-state index is -3.36. The van der Waals surface area contributed by atoms with E-state index in [1.165, 1.54) is 11.6 Å². The molecule has 9 heteroatoms. The fourth-order valence-electron chi connectivity index (χ4n) is 5.12. The number of aryl methyl sites for hydroxylation is 2. The summed E-state index contributed by atoms with van der Waals surface area (Å²) < 4.78 is 29.5. The van der Waals surface area contributed by atoms with Crippen molar-refractivity contribution in [1.29, 1.82) is 0 Å². The van der Waals surface area contributed by atoms with Crippen molar-refractivity contribution >= 4 is 39.8 Å². The Hall–Kier alpha value is -3.46. The van der Waals surface area contributed by atoms with Crippen molar-refractivity contribution in [2.75, 3.05) is 26.4 Å². The van der Waals surface area contributed by atoms with Crippen LogP contribution in [0.5, 0.6) is 0 Å². The lowest BCUT2D eigenvalue weighted by atomic mass is 9.88. The SMILES string of the molecule is C=O.CCc1ccccc1.Cc1cc(-c2cccc(S(C)(=O)=O)c2)c(Cl)cc1C1=C(O)C2(CCCN(C)C2)OC1=O. The van der Waals surface area contributed by atoms with E-state index < -0.39 is 21.4 Å². The predicted octanol–water partition coefficient (Wildman–Crippen LogP) is 6.07. The number of sulfone groups is 1. The van der Waals surface area contributed by atoms with Crippen LogP contribution in [0.15, 0.2) is 77.4 Å². The second kappa shape index (κ2) is 13.5. The smallest absolute Gasteiger partial charge is 0.343 e. The van der Waals surface area contributed by atoms with Crippen molar-refractivity contribution < 1.29 is 27.9 Å². The number of carbonyl (C=O) groups is 2. The van der Waals surface area contributed by atoms with Crippen molar-refractivity contribution in [3.63, 3.8) is 0 Å². The average Bonchev–Trinajstić information content (AvgIpc) is 3.18. The van der Waals surface area contributed by atoms with Crippen LogP contribution in [-0.2, 0) is 30.6 Å². The number of carbonyl (C=O) groups excluding carboxylic acids is 2. The maximum absolute atomic E-state index is 12.8. The van der Waals surface area contributed by atoms with Gasteiger partial charge in [0.05, 0.1) is 4.90 Å². The number of likely N-dealkylation sites (tertiary alicyclic amines) is 1. The van der Waals surface area contributed by atoms with Crippen LogP contribution in [0.1, 0.15) is 36.5 Å². The first-order valence-corrected chi connectivity index (χ1v) is 15.5. The maximum Gasteiger partial charge on any atom is 0.343 e. The summed E-state index contributed by atoms with van der Waals surface area (Å²) in [5.74, 6) is -0.603. The molecule has 1 fully saturated rings. The molecular formula is C32H36ClNO6S. The Kier molecular flexibility index (Phi) is 10.5. The van der Waals surface area contributed by atoms with E-state index in [1.54, 1.807) is 30.3 Å². The fourth-order valence-corrected chi connectivity index (χ4v) is 6.06. The second-order valence-electron chi connectivity index (χ2n) is 10.2. The number of hydrogen-bond acceptors (Lipinski definition) is 7. The lowest BCUT2D eigenvalue weighted by molar-refractivity contribution is -0.151. The number of aliphatic hydroxyl groups is 1. The minimum absolute atomic E-state index is 0.0463. The molecule has 0 saturated carbocycles. The first-order valence-electron chi connectivity index (χ1n) is 13.2. The van der Waals surface area contributed by atoms with E-state index in [2.05, 4.69) is 31.2 Å². The van der Waals surface area contributed by atoms with Gasteiger partial charge in [-0.25, -0.2) is 13.2 Å². The number of aliphatic hydroxyl groups excluding tert-OH is 1. The monoisotopic (exact) mass is 597 g/mol. The normalized spacial score (nSPS) is 18.7. The van der Waals surface area contributed by atoms with Gasteiger partial charge in [0.1, 0.15) is 12.4 Å². The van der Waals surface area contributed by atoms with Gasteiger partial charge in [-0.1, -0.05) is 61.0 Å². The molecule has 2 heterocycles. The van der Waals surface area contributed by atoms with Crippen molar-refractivity contribution in [2.24, 2.45) is 0 Å². The molecule has 3 aromatic rings. The minimum Gasteiger partial charge on any atom is -0.507 e. The molecule has 1 saturated heterocycles. The summed E-state index contributed by atoms with van der Waals surface area (Å²) in [5.41, 5.74) is 3.08. The summed E-state index contributed by atoms with van der Waals surface area (Å²) in [7, 11) is -1.43. The van der Waals surface area contributed by atoms with Gasteiger partial charge in [0.25, 0.3) is 0 Å². The summed E-state index contributed by atoms with van der Waals surface area (Å²) in [6.45, 7) is 7.31. The zero-order valence-electron chi connectivity index (χ0n) is 23.8. The van der Waals surface area contributed by atoms with Crippen LogP contribution >= 0.6 is 11.6 Å². The number of benzene rings is 3. The van der Waals surface area contributed by atoms with E-state index in [4.69, 9.17) is 21.1 Å². The zero-order chi connectivity index (χ0) is 30.4. The number of rotatable bonds is 4. The highest BCUT2D eigenvalue weighted by atomic mass is 35.5. The molecule has 218 valence electrons. The van der Waals surface area contributed by atoms with Crippen molar-refractivity contribution in [1.82, 2.24) is 4.90 Å². The molecule has 1 atom stereocenters. The van der Waals surface area contributed by atoms with E-state index in [1.807, 2.05) is 31.7 Å². The fraction of sp³-hybridized carbons (Fsp3) is 0.312. The summed E-state index contributed by atoms with van der Waals surface area (Å²) in [4.78, 5) is 23.0. The lowest BCUT2D eigenvalue weighted by Gasteiger charge is -2.37. The number of halogens is 1. The van der Waals surface area contributed by atoms with E-state index >= 15 is 0 Å². The molecule has 2 aliphatic rings. The van der Waals surface area contributed by atoms with Crippen LogP contribution in [0, 0.1) is 6.92 Å². The standard InChI is InChI=1S/C23H24ClNO5S.C8H10.CH2O/c1-14-10-18(15-6-4-7-16(11-15)31(3,28)29)19(24)12-17(14)20-21(26)23(30-22(20)27)8-5-9-25(2)13-23;1-2-8-6-4-3-5-7-8;1-2/h4,6-7,10-12,26H,5,8-9,13H2,1-3H3;3-7H,2H2,1H3;1H2. The molecule has 1 spiro atoms. The van der Waals surface area contributed by atoms with Crippen LogP contribution < -0.4 is 0 Å². The van der Waals surface area contributed by atoms with Gasteiger partial charge < -0.3 is 19.5 Å². The number of esters is 1. The van der Waals surface area contributed by atoms with Crippen LogP contribution in [0.2, 0.25) is 5.02 Å². The van der Waals surface area contributed by atoms with E-state index in [9.17, 15) is 18.3 Å². The molecule has 0 bridgehead atoms. The molecule has 7 nitrogen and oxygen atoms in total. The lowest BCUT2D eigenvalue weighted by Crippen LogP contribution is -2.48. The van der Waals surface area contributed by atoms with E-state index in [-0.39, 0.29) is 16.2 Å². The van der Waals surface area contributed by atoms with Crippen LogP contribution in [0.3, 0.4) is 0 Å². The zero-order valence-corrected chi connectivity index (χ0v) is 25.4. The Labute approximate surface area is 247 Å². The predicted molar refractivity (Wildman–Crippen MR) is 163 cm³/mol. The molecule has 41 heavy (non-hydrogen) atoms. The third-order valence-corrected chi connectivity index (χ3v) is 8.64. The maximum atomic E-state index is 12.8. The van der Waals surface area contributed by atoms with Crippen molar-refractivity contribution in [3.05, 3.63) is 94.2 Å². The first-order chi connectivity index (χ1) is 19.4. The Morgan fingerprint density at radius 2 is 1.73 bits per heavy atom. The number of nitrogens with zero attached hydrogens (tertiary/aromatic N) is 1. The first kappa shape index (κ1) is 32.1. The Morgan fingerprint density at radius 1 is 1.05 bits per heavy atom. The molecule has 3 aromatic carbocycles. The molecule has 5 rings (SSSR count). The van der Waals surface area contributed by atoms with E-state index in [0.717, 1.165) is 31.2 Å². The van der Waals surface area contributed by atoms with E-state index in [0.29, 0.717) is 34.7 Å². The summed E-state index contributed by atoms with van der Waals surface area (Å²) in [6.07, 6.45) is 3.68. The van der Waals surface area contributed by atoms with Crippen molar-refractivity contribution in [2.45, 2.75) is 43.6 Å². The van der Waals surface area contributed by atoms with Gasteiger partial charge >= 0.3 is 5.97 Å². The van der Waals surface area contributed by atoms with Crippen LogP contribution in [0.25, 0.3) is 16.7 Å². The van der Waals surface area contributed by atoms with Crippen LogP contribution in [-0.4, -0.2) is 63.2 Å². The van der Waals surface area contributed by atoms with Gasteiger partial charge in [0.15, 0.2) is 21.2 Å². The third-order valence-electron chi connectivity index (χ3n) is 7.21. The number of hydrogen-bond donors (Lipinski definition) is 1. The second-order valence-corrected chi connectivity index (χ2v) is 12.7. The number of piperidine rings is 1. The van der Waals surface area contributed by atoms with Gasteiger partial charge in [-0.15, -0.1) is 0 Å². The quantitative estimate of drug-likeness (QED) is 0.364. The van der Waals surface area contributed by atoms with Gasteiger partial charge in [-0.2, -0.15) is 0 Å². The number of ether oxygens (including phenoxy) is 1. The Morgan fingerprint density at radius 3 is 2.32 bits per heavy atom. The molecule has 0 radical (unpaired) electrons. The molecule has 1 N–H and O–H groups in total. The molecule has 2 aliphatic heterocycles. The third kappa shape index (κ3) is 7.25. The summed E-state index contributed by atoms with van der Waals surface area (Å²) >= 11 is 6.56. The molecule has 0 amide bonds.